The Kier molecular flexibility index (Phi) is 10.2. The van der Waals surface area contributed by atoms with Crippen LogP contribution in [0.5, 0.6) is 5.75 Å². The van der Waals surface area contributed by atoms with Crippen LogP contribution in [-0.2, 0) is 32.3 Å². The molecule has 2 aromatic rings. The highest BCUT2D eigenvalue weighted by molar-refractivity contribution is 6.18. The number of nitrogens with zero attached hydrogens (tertiary/aromatic N) is 1. The van der Waals surface area contributed by atoms with E-state index in [-0.39, 0.29) is 37.8 Å². The van der Waals surface area contributed by atoms with Gasteiger partial charge in [0.15, 0.2) is 6.04 Å². The van der Waals surface area contributed by atoms with Crippen LogP contribution in [0.4, 0.5) is 0 Å². The van der Waals surface area contributed by atoms with Crippen LogP contribution in [0.1, 0.15) is 24.5 Å². The zero-order chi connectivity index (χ0) is 23.5. The summed E-state index contributed by atoms with van der Waals surface area (Å²) in [5.41, 5.74) is 1.58. The average Bonchev–Trinajstić information content (AvgIpc) is 2.79. The molecule has 0 spiro atoms. The maximum atomic E-state index is 13.3. The van der Waals surface area contributed by atoms with Crippen LogP contribution in [-0.4, -0.2) is 53.3 Å². The Morgan fingerprint density at radius 3 is 2.22 bits per heavy atom. The monoisotopic (exact) mass is 461 g/mol. The number of ketones is 1. The molecule has 0 saturated heterocycles. The molecule has 0 aliphatic carbocycles. The van der Waals surface area contributed by atoms with E-state index in [1.807, 2.05) is 30.3 Å². The Hall–Kier alpha value is -2.90. The van der Waals surface area contributed by atoms with Crippen molar-refractivity contribution in [2.75, 3.05) is 19.6 Å². The standard InChI is InChI=1S/C24H28ClNO6/c1-17(27)21(12-13-25)23(28)26(14-18-8-10-20(31-2)11-9-18)22(24(29)30)16-32-15-19-6-4-3-5-7-19/h3-11,21-22H,12-16H2,1-2H3,(H,29,30)/t21-,22-/m0/s1. The van der Waals surface area contributed by atoms with Gasteiger partial charge < -0.3 is 19.5 Å². The van der Waals surface area contributed by atoms with E-state index in [1.54, 1.807) is 31.4 Å². The van der Waals surface area contributed by atoms with E-state index in [1.165, 1.54) is 11.8 Å². The molecule has 8 heteroatoms. The van der Waals surface area contributed by atoms with Gasteiger partial charge in [-0.2, -0.15) is 0 Å². The fourth-order valence-corrected chi connectivity index (χ4v) is 3.45. The maximum absolute atomic E-state index is 13.3. The van der Waals surface area contributed by atoms with E-state index in [0.29, 0.717) is 11.3 Å². The van der Waals surface area contributed by atoms with Gasteiger partial charge in [0, 0.05) is 12.4 Å². The van der Waals surface area contributed by atoms with Gasteiger partial charge in [-0.3, -0.25) is 9.59 Å². The minimum Gasteiger partial charge on any atom is -0.497 e. The maximum Gasteiger partial charge on any atom is 0.328 e. The molecule has 0 aliphatic rings. The van der Waals surface area contributed by atoms with Gasteiger partial charge in [-0.1, -0.05) is 42.5 Å². The first kappa shape index (κ1) is 25.4. The van der Waals surface area contributed by atoms with E-state index in [0.717, 1.165) is 5.56 Å². The highest BCUT2D eigenvalue weighted by atomic mass is 35.5. The van der Waals surface area contributed by atoms with Crippen LogP contribution in [0.15, 0.2) is 54.6 Å². The van der Waals surface area contributed by atoms with Crippen molar-refractivity contribution in [3.63, 3.8) is 0 Å². The zero-order valence-corrected chi connectivity index (χ0v) is 19.0. The average molecular weight is 462 g/mol. The Morgan fingerprint density at radius 2 is 1.69 bits per heavy atom. The first-order valence-electron chi connectivity index (χ1n) is 10.2. The number of ether oxygens (including phenoxy) is 2. The van der Waals surface area contributed by atoms with E-state index in [4.69, 9.17) is 21.1 Å². The number of carboxylic acids is 1. The molecule has 0 bridgehead atoms. The molecule has 0 unspecified atom stereocenters. The molecule has 0 fully saturated rings. The Morgan fingerprint density at radius 1 is 1.03 bits per heavy atom. The van der Waals surface area contributed by atoms with Crippen molar-refractivity contribution in [2.45, 2.75) is 32.5 Å². The van der Waals surface area contributed by atoms with E-state index in [9.17, 15) is 19.5 Å². The predicted octanol–water partition coefficient (Wildman–Crippen LogP) is 3.53. The molecule has 2 atom stereocenters. The number of benzene rings is 2. The van der Waals surface area contributed by atoms with Gasteiger partial charge in [0.2, 0.25) is 5.91 Å². The largest absolute Gasteiger partial charge is 0.497 e. The number of Topliss-reactive ketones (excluding diaryl/α,β-unsaturated/α-hetero) is 1. The zero-order valence-electron chi connectivity index (χ0n) is 18.2. The molecule has 0 aliphatic heterocycles. The van der Waals surface area contributed by atoms with Crippen LogP contribution < -0.4 is 4.74 Å². The number of halogens is 1. The summed E-state index contributed by atoms with van der Waals surface area (Å²) in [7, 11) is 1.54. The summed E-state index contributed by atoms with van der Waals surface area (Å²) >= 11 is 5.80. The molecule has 0 heterocycles. The minimum atomic E-state index is -1.27. The Balaban J connectivity index is 2.27. The lowest BCUT2D eigenvalue weighted by Gasteiger charge is -2.31. The van der Waals surface area contributed by atoms with Crippen molar-refractivity contribution >= 4 is 29.3 Å². The van der Waals surface area contributed by atoms with E-state index >= 15 is 0 Å². The second-order valence-corrected chi connectivity index (χ2v) is 7.69. The highest BCUT2D eigenvalue weighted by Crippen LogP contribution is 2.20. The molecule has 2 aromatic carbocycles. The number of hydrogen-bond acceptors (Lipinski definition) is 5. The van der Waals surface area contributed by atoms with Crippen molar-refractivity contribution in [2.24, 2.45) is 5.92 Å². The highest BCUT2D eigenvalue weighted by Gasteiger charge is 2.35. The molecule has 32 heavy (non-hydrogen) atoms. The predicted molar refractivity (Wildman–Crippen MR) is 121 cm³/mol. The second kappa shape index (κ2) is 12.8. The third-order valence-corrected chi connectivity index (χ3v) is 5.25. The molecule has 0 radical (unpaired) electrons. The van der Waals surface area contributed by atoms with Crippen molar-refractivity contribution in [3.05, 3.63) is 65.7 Å². The number of carbonyl (C=O) groups excluding carboxylic acids is 2. The van der Waals surface area contributed by atoms with E-state index in [2.05, 4.69) is 0 Å². The van der Waals surface area contributed by atoms with E-state index < -0.39 is 23.8 Å². The van der Waals surface area contributed by atoms with Crippen LogP contribution in [0.2, 0.25) is 0 Å². The number of alkyl halides is 1. The summed E-state index contributed by atoms with van der Waals surface area (Å²) in [5, 5.41) is 9.90. The molecule has 1 amide bonds. The van der Waals surface area contributed by atoms with Gasteiger partial charge in [-0.05, 0) is 36.6 Å². The van der Waals surface area contributed by atoms with Gasteiger partial charge in [0.1, 0.15) is 11.5 Å². The summed E-state index contributed by atoms with van der Waals surface area (Å²) in [6.07, 6.45) is 0.131. The lowest BCUT2D eigenvalue weighted by molar-refractivity contribution is -0.157. The van der Waals surface area contributed by atoms with Crippen LogP contribution in [0.25, 0.3) is 0 Å². The quantitative estimate of drug-likeness (QED) is 0.362. The van der Waals surface area contributed by atoms with Crippen molar-refractivity contribution in [1.82, 2.24) is 4.90 Å². The first-order chi connectivity index (χ1) is 15.4. The van der Waals surface area contributed by atoms with Gasteiger partial charge in [-0.25, -0.2) is 4.79 Å². The molecule has 7 nitrogen and oxygen atoms in total. The number of amides is 1. The fourth-order valence-electron chi connectivity index (χ4n) is 3.24. The van der Waals surface area contributed by atoms with Crippen molar-refractivity contribution in [3.8, 4) is 5.75 Å². The number of carbonyl (C=O) groups is 3. The van der Waals surface area contributed by atoms with Crippen LogP contribution in [0.3, 0.4) is 0 Å². The molecular weight excluding hydrogens is 434 g/mol. The lowest BCUT2D eigenvalue weighted by atomic mass is 9.98. The summed E-state index contributed by atoms with van der Waals surface area (Å²) in [6.45, 7) is 1.29. The molecule has 172 valence electrons. The number of hydrogen-bond donors (Lipinski definition) is 1. The molecule has 2 rings (SSSR count). The molecular formula is C24H28ClNO6. The number of methoxy groups -OCH3 is 1. The van der Waals surface area contributed by atoms with Crippen molar-refractivity contribution < 1.29 is 29.0 Å². The van der Waals surface area contributed by atoms with Gasteiger partial charge in [-0.15, -0.1) is 11.6 Å². The SMILES string of the molecule is COc1ccc(CN(C(=O)[C@@H](CCCl)C(C)=O)[C@@H](COCc2ccccc2)C(=O)O)cc1. The number of carboxylic acid groups (broad SMARTS) is 1. The van der Waals surface area contributed by atoms with Gasteiger partial charge in [0.25, 0.3) is 0 Å². The Labute approximate surface area is 192 Å². The van der Waals surface area contributed by atoms with Gasteiger partial charge >= 0.3 is 5.97 Å². The fraction of sp³-hybridized carbons (Fsp3) is 0.375. The number of rotatable bonds is 13. The summed E-state index contributed by atoms with van der Waals surface area (Å²) < 4.78 is 10.8. The third-order valence-electron chi connectivity index (χ3n) is 5.03. The van der Waals surface area contributed by atoms with Crippen molar-refractivity contribution in [1.29, 1.82) is 0 Å². The third kappa shape index (κ3) is 7.35. The molecule has 0 aromatic heterocycles. The first-order valence-corrected chi connectivity index (χ1v) is 10.7. The smallest absolute Gasteiger partial charge is 0.328 e. The summed E-state index contributed by atoms with van der Waals surface area (Å²) in [4.78, 5) is 38.7. The summed E-state index contributed by atoms with van der Waals surface area (Å²) in [5.74, 6) is -2.42. The second-order valence-electron chi connectivity index (χ2n) is 7.31. The van der Waals surface area contributed by atoms with Crippen LogP contribution in [0, 0.1) is 5.92 Å². The number of aliphatic carboxylic acids is 1. The summed E-state index contributed by atoms with van der Waals surface area (Å²) in [6, 6.07) is 15.0. The normalized spacial score (nSPS) is 12.6. The minimum absolute atomic E-state index is 0.000553. The van der Waals surface area contributed by atoms with Crippen LogP contribution >= 0.6 is 11.6 Å². The van der Waals surface area contributed by atoms with Gasteiger partial charge in [0.05, 0.1) is 26.2 Å². The molecule has 0 saturated carbocycles. The lowest BCUT2D eigenvalue weighted by Crippen LogP contribution is -2.50. The Bertz CT molecular complexity index is 887. The molecule has 1 N–H and O–H groups in total. The topological polar surface area (TPSA) is 93.1 Å².